The lowest BCUT2D eigenvalue weighted by atomic mass is 10.2. The van der Waals surface area contributed by atoms with Gasteiger partial charge in [-0.2, -0.15) is 0 Å². The van der Waals surface area contributed by atoms with Crippen molar-refractivity contribution in [1.29, 1.82) is 0 Å². The first-order valence-electron chi connectivity index (χ1n) is 11.5. The Morgan fingerprint density at radius 2 is 1.75 bits per heavy atom. The molecule has 2 aliphatic heterocycles. The van der Waals surface area contributed by atoms with Crippen LogP contribution in [0.4, 0.5) is 16.2 Å². The fraction of sp³-hybridized carbons (Fsp3) is 0.280. The third-order valence-electron chi connectivity index (χ3n) is 6.30. The number of imidazole rings is 1. The number of benzene rings is 2. The number of carbonyl (C=O) groups is 3. The molecule has 0 spiro atoms. The number of imide groups is 1. The maximum absolute atomic E-state index is 13.0. The lowest BCUT2D eigenvalue weighted by Gasteiger charge is -2.30. The largest absolute Gasteiger partial charge is 0.378 e. The van der Waals surface area contributed by atoms with Crippen molar-refractivity contribution in [3.63, 3.8) is 0 Å². The molecule has 5 rings (SSSR count). The van der Waals surface area contributed by atoms with Crippen LogP contribution >= 0.6 is 11.8 Å². The van der Waals surface area contributed by atoms with Crippen LogP contribution in [-0.2, 0) is 28.4 Å². The molecule has 2 aromatic carbocycles. The van der Waals surface area contributed by atoms with Gasteiger partial charge in [0.1, 0.15) is 6.54 Å². The maximum Gasteiger partial charge on any atom is 0.328 e. The number of carbonyl (C=O) groups excluding carboxylic acids is 3. The normalized spacial score (nSPS) is 17.4. The SMILES string of the molecule is Cn1c(=O)n(C)c2cc(C=C3SC(=O)N(CC(=O)Nc4ccccc4N4CCOCC4)C3=O)ccc21. The van der Waals surface area contributed by atoms with Crippen molar-refractivity contribution in [1.82, 2.24) is 14.0 Å². The van der Waals surface area contributed by atoms with E-state index >= 15 is 0 Å². The summed E-state index contributed by atoms with van der Waals surface area (Å²) in [5.74, 6) is -0.983. The van der Waals surface area contributed by atoms with Crippen LogP contribution < -0.4 is 15.9 Å². The van der Waals surface area contributed by atoms with Gasteiger partial charge in [-0.15, -0.1) is 0 Å². The number of nitrogens with one attached hydrogen (secondary N) is 1. The smallest absolute Gasteiger partial charge is 0.328 e. The highest BCUT2D eigenvalue weighted by Gasteiger charge is 2.36. The highest BCUT2D eigenvalue weighted by atomic mass is 32.2. The van der Waals surface area contributed by atoms with E-state index in [2.05, 4.69) is 10.2 Å². The Bertz CT molecular complexity index is 1470. The topological polar surface area (TPSA) is 106 Å². The lowest BCUT2D eigenvalue weighted by molar-refractivity contribution is -0.127. The maximum atomic E-state index is 13.0. The van der Waals surface area contributed by atoms with Crippen LogP contribution in [-0.4, -0.2) is 63.9 Å². The van der Waals surface area contributed by atoms with Gasteiger partial charge in [-0.05, 0) is 47.7 Å². The summed E-state index contributed by atoms with van der Waals surface area (Å²) in [6.07, 6.45) is 1.60. The highest BCUT2D eigenvalue weighted by molar-refractivity contribution is 8.18. The molecule has 0 unspecified atom stereocenters. The van der Waals surface area contributed by atoms with Gasteiger partial charge in [-0.1, -0.05) is 18.2 Å². The predicted octanol–water partition coefficient (Wildman–Crippen LogP) is 2.39. The molecule has 3 aromatic rings. The molecule has 2 saturated heterocycles. The number of hydrogen-bond acceptors (Lipinski definition) is 7. The number of amides is 3. The molecule has 1 N–H and O–H groups in total. The molecule has 11 heteroatoms. The van der Waals surface area contributed by atoms with Crippen molar-refractivity contribution in [3.05, 3.63) is 63.4 Å². The van der Waals surface area contributed by atoms with Crippen LogP contribution in [0.5, 0.6) is 0 Å². The fourth-order valence-electron chi connectivity index (χ4n) is 4.39. The van der Waals surface area contributed by atoms with Crippen LogP contribution in [0, 0.1) is 0 Å². The van der Waals surface area contributed by atoms with Crippen LogP contribution in [0.25, 0.3) is 17.1 Å². The van der Waals surface area contributed by atoms with Crippen LogP contribution in [0.15, 0.2) is 52.2 Å². The summed E-state index contributed by atoms with van der Waals surface area (Å²) in [5.41, 5.74) is 3.50. The number of morpholine rings is 1. The van der Waals surface area contributed by atoms with Crippen molar-refractivity contribution in [3.8, 4) is 0 Å². The van der Waals surface area contributed by atoms with Crippen molar-refractivity contribution in [2.24, 2.45) is 14.1 Å². The van der Waals surface area contributed by atoms with Gasteiger partial charge in [-0.25, -0.2) is 4.79 Å². The first-order chi connectivity index (χ1) is 17.3. The molecule has 0 atom stereocenters. The van der Waals surface area contributed by atoms with Gasteiger partial charge < -0.3 is 15.0 Å². The van der Waals surface area contributed by atoms with E-state index in [4.69, 9.17) is 4.74 Å². The van der Waals surface area contributed by atoms with E-state index in [1.165, 1.54) is 4.57 Å². The quantitative estimate of drug-likeness (QED) is 0.529. The number of para-hydroxylation sites is 2. The predicted molar refractivity (Wildman–Crippen MR) is 139 cm³/mol. The summed E-state index contributed by atoms with van der Waals surface area (Å²) in [6, 6.07) is 12.8. The Morgan fingerprint density at radius 1 is 1.03 bits per heavy atom. The van der Waals surface area contributed by atoms with Gasteiger partial charge in [0.25, 0.3) is 11.1 Å². The van der Waals surface area contributed by atoms with Crippen molar-refractivity contribution >= 4 is 57.3 Å². The van der Waals surface area contributed by atoms with Crippen LogP contribution in [0.2, 0.25) is 0 Å². The zero-order valence-corrected chi connectivity index (χ0v) is 20.7. The molecule has 36 heavy (non-hydrogen) atoms. The van der Waals surface area contributed by atoms with Crippen LogP contribution in [0.1, 0.15) is 5.56 Å². The summed E-state index contributed by atoms with van der Waals surface area (Å²) >= 11 is 0.791. The zero-order chi connectivity index (χ0) is 25.4. The molecular weight excluding hydrogens is 482 g/mol. The first-order valence-corrected chi connectivity index (χ1v) is 12.3. The zero-order valence-electron chi connectivity index (χ0n) is 19.9. The van der Waals surface area contributed by atoms with Crippen LogP contribution in [0.3, 0.4) is 0 Å². The number of fused-ring (bicyclic) bond motifs is 1. The lowest BCUT2D eigenvalue weighted by Crippen LogP contribution is -2.38. The second-order valence-electron chi connectivity index (χ2n) is 8.58. The molecular formula is C25H25N5O5S. The standard InChI is InChI=1S/C25H25N5O5S/c1-27-19-8-7-16(13-20(19)28(2)24(27)33)14-21-23(32)30(25(34)36-21)15-22(31)26-17-5-3-4-6-18(17)29-9-11-35-12-10-29/h3-8,13-14H,9-12,15H2,1-2H3,(H,26,31). The first kappa shape index (κ1) is 23.9. The summed E-state index contributed by atoms with van der Waals surface area (Å²) in [4.78, 5) is 53.8. The van der Waals surface area contributed by atoms with E-state index in [1.54, 1.807) is 49.0 Å². The molecule has 0 radical (unpaired) electrons. The molecule has 0 saturated carbocycles. The number of nitrogens with zero attached hydrogens (tertiary/aromatic N) is 4. The van der Waals surface area contributed by atoms with Gasteiger partial charge in [0, 0.05) is 27.2 Å². The summed E-state index contributed by atoms with van der Waals surface area (Å²) in [5, 5.41) is 2.34. The average Bonchev–Trinajstić information content (AvgIpc) is 3.26. The Morgan fingerprint density at radius 3 is 2.53 bits per heavy atom. The Kier molecular flexibility index (Phi) is 6.42. The summed E-state index contributed by atoms with van der Waals surface area (Å²) in [7, 11) is 3.37. The monoisotopic (exact) mass is 507 g/mol. The van der Waals surface area contributed by atoms with E-state index in [1.807, 2.05) is 18.2 Å². The minimum absolute atomic E-state index is 0.149. The minimum Gasteiger partial charge on any atom is -0.378 e. The molecule has 1 aromatic heterocycles. The third kappa shape index (κ3) is 4.42. The van der Waals surface area contributed by atoms with Crippen molar-refractivity contribution in [2.75, 3.05) is 43.1 Å². The van der Waals surface area contributed by atoms with Gasteiger partial charge in [0.2, 0.25) is 5.91 Å². The molecule has 3 heterocycles. The third-order valence-corrected chi connectivity index (χ3v) is 7.21. The van der Waals surface area contributed by atoms with Gasteiger partial charge in [0.05, 0.1) is 40.5 Å². The summed E-state index contributed by atoms with van der Waals surface area (Å²) < 4.78 is 8.48. The van der Waals surface area contributed by atoms with E-state index in [-0.39, 0.29) is 17.1 Å². The Hall–Kier alpha value is -3.83. The number of ether oxygens (including phenoxy) is 1. The molecule has 0 bridgehead atoms. The number of rotatable bonds is 5. The number of thioether (sulfide) groups is 1. The number of aromatic nitrogens is 2. The van der Waals surface area contributed by atoms with Crippen molar-refractivity contribution < 1.29 is 19.1 Å². The van der Waals surface area contributed by atoms with Gasteiger partial charge in [0.15, 0.2) is 0 Å². The molecule has 0 aliphatic carbocycles. The molecule has 2 aliphatic rings. The second-order valence-corrected chi connectivity index (χ2v) is 9.57. The number of hydrogen-bond donors (Lipinski definition) is 1. The Labute approximate surface area is 211 Å². The van der Waals surface area contributed by atoms with E-state index < -0.39 is 17.1 Å². The number of aryl methyl sites for hydroxylation is 2. The van der Waals surface area contributed by atoms with E-state index in [9.17, 15) is 19.2 Å². The molecule has 10 nitrogen and oxygen atoms in total. The second kappa shape index (κ2) is 9.67. The highest BCUT2D eigenvalue weighted by Crippen LogP contribution is 2.33. The number of anilines is 2. The fourth-order valence-corrected chi connectivity index (χ4v) is 5.23. The molecule has 186 valence electrons. The molecule has 2 fully saturated rings. The average molecular weight is 508 g/mol. The Balaban J connectivity index is 1.31. The van der Waals surface area contributed by atoms with Gasteiger partial charge in [-0.3, -0.25) is 28.4 Å². The van der Waals surface area contributed by atoms with E-state index in [0.717, 1.165) is 27.9 Å². The van der Waals surface area contributed by atoms with Gasteiger partial charge >= 0.3 is 5.69 Å². The van der Waals surface area contributed by atoms with E-state index in [0.29, 0.717) is 43.1 Å². The minimum atomic E-state index is -0.524. The molecule has 3 amide bonds. The summed E-state index contributed by atoms with van der Waals surface area (Å²) in [6.45, 7) is 2.26. The van der Waals surface area contributed by atoms with Crippen molar-refractivity contribution in [2.45, 2.75) is 0 Å².